The van der Waals surface area contributed by atoms with E-state index in [1.54, 1.807) is 7.11 Å². The Bertz CT molecular complexity index is 821. The number of aromatic nitrogens is 1. The molecule has 0 spiro atoms. The molecule has 1 heterocycles. The SMILES string of the molecule is COc1ccc(CNC(=O)c2cnoc2-c2ccc(C)cc2)cc1. The first kappa shape index (κ1) is 15.8. The van der Waals surface area contributed by atoms with Crippen molar-refractivity contribution < 1.29 is 14.1 Å². The van der Waals surface area contributed by atoms with Crippen molar-refractivity contribution in [2.24, 2.45) is 0 Å². The summed E-state index contributed by atoms with van der Waals surface area (Å²) in [5, 5.41) is 6.65. The number of nitrogens with zero attached hydrogens (tertiary/aromatic N) is 1. The maximum absolute atomic E-state index is 12.4. The molecule has 0 aliphatic rings. The molecule has 1 N–H and O–H groups in total. The number of ether oxygens (including phenoxy) is 1. The van der Waals surface area contributed by atoms with Crippen LogP contribution < -0.4 is 10.1 Å². The molecule has 5 heteroatoms. The first-order chi connectivity index (χ1) is 11.7. The van der Waals surface area contributed by atoms with Crippen LogP contribution in [0.4, 0.5) is 0 Å². The number of hydrogen-bond donors (Lipinski definition) is 1. The third-order valence-electron chi connectivity index (χ3n) is 3.74. The number of nitrogens with one attached hydrogen (secondary N) is 1. The van der Waals surface area contributed by atoms with Crippen LogP contribution in [-0.4, -0.2) is 18.2 Å². The van der Waals surface area contributed by atoms with Crippen molar-refractivity contribution in [3.8, 4) is 17.1 Å². The molecule has 0 aliphatic carbocycles. The summed E-state index contributed by atoms with van der Waals surface area (Å²) in [5.41, 5.74) is 3.38. The second-order valence-electron chi connectivity index (χ2n) is 5.47. The highest BCUT2D eigenvalue weighted by atomic mass is 16.5. The summed E-state index contributed by atoms with van der Waals surface area (Å²) in [4.78, 5) is 12.4. The Morgan fingerprint density at radius 3 is 2.50 bits per heavy atom. The van der Waals surface area contributed by atoms with Crippen molar-refractivity contribution in [1.29, 1.82) is 0 Å². The summed E-state index contributed by atoms with van der Waals surface area (Å²) in [6.07, 6.45) is 1.44. The van der Waals surface area contributed by atoms with Gasteiger partial charge in [-0.05, 0) is 24.6 Å². The third-order valence-corrected chi connectivity index (χ3v) is 3.74. The van der Waals surface area contributed by atoms with Crippen LogP contribution in [0.2, 0.25) is 0 Å². The number of aryl methyl sites for hydroxylation is 1. The van der Waals surface area contributed by atoms with E-state index in [1.165, 1.54) is 6.20 Å². The van der Waals surface area contributed by atoms with Crippen LogP contribution in [0.1, 0.15) is 21.5 Å². The van der Waals surface area contributed by atoms with Gasteiger partial charge in [-0.3, -0.25) is 4.79 Å². The van der Waals surface area contributed by atoms with E-state index in [-0.39, 0.29) is 5.91 Å². The largest absolute Gasteiger partial charge is 0.497 e. The minimum absolute atomic E-state index is 0.220. The van der Waals surface area contributed by atoms with Gasteiger partial charge in [0, 0.05) is 12.1 Å². The Balaban J connectivity index is 1.71. The summed E-state index contributed by atoms with van der Waals surface area (Å²) in [7, 11) is 1.62. The van der Waals surface area contributed by atoms with Gasteiger partial charge in [0.1, 0.15) is 11.3 Å². The average molecular weight is 322 g/mol. The second kappa shape index (κ2) is 7.00. The van der Waals surface area contributed by atoms with Gasteiger partial charge in [-0.2, -0.15) is 0 Å². The summed E-state index contributed by atoms with van der Waals surface area (Å²) in [6, 6.07) is 15.3. The highest BCUT2D eigenvalue weighted by Crippen LogP contribution is 2.24. The molecular weight excluding hydrogens is 304 g/mol. The molecule has 3 aromatic rings. The molecule has 0 saturated heterocycles. The van der Waals surface area contributed by atoms with Crippen molar-refractivity contribution in [2.75, 3.05) is 7.11 Å². The molecule has 0 saturated carbocycles. The zero-order valence-electron chi connectivity index (χ0n) is 13.6. The molecule has 0 unspecified atom stereocenters. The van der Waals surface area contributed by atoms with Gasteiger partial charge >= 0.3 is 0 Å². The highest BCUT2D eigenvalue weighted by Gasteiger charge is 2.17. The van der Waals surface area contributed by atoms with Crippen LogP contribution in [0.25, 0.3) is 11.3 Å². The van der Waals surface area contributed by atoms with Gasteiger partial charge in [0.15, 0.2) is 5.76 Å². The van der Waals surface area contributed by atoms with E-state index >= 15 is 0 Å². The molecule has 0 radical (unpaired) electrons. The number of methoxy groups -OCH3 is 1. The Kier molecular flexibility index (Phi) is 4.61. The lowest BCUT2D eigenvalue weighted by atomic mass is 10.1. The van der Waals surface area contributed by atoms with Gasteiger partial charge in [-0.1, -0.05) is 47.1 Å². The van der Waals surface area contributed by atoms with E-state index in [9.17, 15) is 4.79 Å². The van der Waals surface area contributed by atoms with Gasteiger partial charge in [-0.25, -0.2) is 0 Å². The molecule has 5 nitrogen and oxygen atoms in total. The van der Waals surface area contributed by atoms with E-state index < -0.39 is 0 Å². The first-order valence-electron chi connectivity index (χ1n) is 7.60. The molecule has 0 atom stereocenters. The highest BCUT2D eigenvalue weighted by molar-refractivity contribution is 5.99. The Hall–Kier alpha value is -3.08. The fourth-order valence-corrected chi connectivity index (χ4v) is 2.34. The number of amides is 1. The molecule has 1 amide bonds. The Morgan fingerprint density at radius 1 is 1.12 bits per heavy atom. The predicted octanol–water partition coefficient (Wildman–Crippen LogP) is 3.59. The molecule has 0 bridgehead atoms. The molecule has 122 valence electrons. The fourth-order valence-electron chi connectivity index (χ4n) is 2.34. The summed E-state index contributed by atoms with van der Waals surface area (Å²) in [6.45, 7) is 2.42. The van der Waals surface area contributed by atoms with Crippen LogP contribution >= 0.6 is 0 Å². The lowest BCUT2D eigenvalue weighted by Crippen LogP contribution is -2.22. The Morgan fingerprint density at radius 2 is 1.83 bits per heavy atom. The van der Waals surface area contributed by atoms with Crippen molar-refractivity contribution >= 4 is 5.91 Å². The zero-order chi connectivity index (χ0) is 16.9. The number of carbonyl (C=O) groups excluding carboxylic acids is 1. The lowest BCUT2D eigenvalue weighted by Gasteiger charge is -2.06. The lowest BCUT2D eigenvalue weighted by molar-refractivity contribution is 0.0951. The van der Waals surface area contributed by atoms with E-state index in [0.29, 0.717) is 17.9 Å². The molecule has 3 rings (SSSR count). The minimum atomic E-state index is -0.220. The van der Waals surface area contributed by atoms with Crippen LogP contribution in [0.15, 0.2) is 59.3 Å². The first-order valence-corrected chi connectivity index (χ1v) is 7.60. The minimum Gasteiger partial charge on any atom is -0.497 e. The van der Waals surface area contributed by atoms with E-state index in [4.69, 9.17) is 9.26 Å². The normalized spacial score (nSPS) is 10.4. The van der Waals surface area contributed by atoms with Crippen molar-refractivity contribution in [2.45, 2.75) is 13.5 Å². The maximum Gasteiger partial charge on any atom is 0.257 e. The number of rotatable bonds is 5. The molecule has 0 fully saturated rings. The summed E-state index contributed by atoms with van der Waals surface area (Å²) < 4.78 is 10.4. The smallest absolute Gasteiger partial charge is 0.257 e. The second-order valence-corrected chi connectivity index (χ2v) is 5.47. The summed E-state index contributed by atoms with van der Waals surface area (Å²) in [5.74, 6) is 1.04. The van der Waals surface area contributed by atoms with E-state index in [2.05, 4.69) is 10.5 Å². The summed E-state index contributed by atoms with van der Waals surface area (Å²) >= 11 is 0. The Labute approximate surface area is 140 Å². The van der Waals surface area contributed by atoms with Crippen molar-refractivity contribution in [3.63, 3.8) is 0 Å². The van der Waals surface area contributed by atoms with Crippen molar-refractivity contribution in [3.05, 3.63) is 71.4 Å². The van der Waals surface area contributed by atoms with E-state index in [0.717, 1.165) is 22.4 Å². The van der Waals surface area contributed by atoms with Gasteiger partial charge in [0.25, 0.3) is 5.91 Å². The van der Waals surface area contributed by atoms with Crippen LogP contribution in [-0.2, 0) is 6.54 Å². The zero-order valence-corrected chi connectivity index (χ0v) is 13.6. The number of benzene rings is 2. The average Bonchev–Trinajstić information content (AvgIpc) is 3.10. The standard InChI is InChI=1S/C19H18N2O3/c1-13-3-7-15(8-4-13)18-17(12-21-24-18)19(22)20-11-14-5-9-16(23-2)10-6-14/h3-10,12H,11H2,1-2H3,(H,20,22). The molecule has 2 aromatic carbocycles. The fraction of sp³-hybridized carbons (Fsp3) is 0.158. The monoisotopic (exact) mass is 322 g/mol. The third kappa shape index (κ3) is 3.46. The molecule has 24 heavy (non-hydrogen) atoms. The van der Waals surface area contributed by atoms with E-state index in [1.807, 2.05) is 55.5 Å². The topological polar surface area (TPSA) is 64.4 Å². The van der Waals surface area contributed by atoms with Crippen molar-refractivity contribution in [1.82, 2.24) is 10.5 Å². The quantitative estimate of drug-likeness (QED) is 0.779. The van der Waals surface area contributed by atoms with Gasteiger partial charge < -0.3 is 14.6 Å². The maximum atomic E-state index is 12.4. The van der Waals surface area contributed by atoms with Crippen LogP contribution in [0, 0.1) is 6.92 Å². The molecular formula is C19H18N2O3. The van der Waals surface area contributed by atoms with Gasteiger partial charge in [0.2, 0.25) is 0 Å². The molecule has 1 aromatic heterocycles. The number of carbonyl (C=O) groups is 1. The predicted molar refractivity (Wildman–Crippen MR) is 90.8 cm³/mol. The van der Waals surface area contributed by atoms with Crippen LogP contribution in [0.3, 0.4) is 0 Å². The van der Waals surface area contributed by atoms with Crippen LogP contribution in [0.5, 0.6) is 5.75 Å². The van der Waals surface area contributed by atoms with Gasteiger partial charge in [0.05, 0.1) is 13.3 Å². The molecule has 0 aliphatic heterocycles. The van der Waals surface area contributed by atoms with Gasteiger partial charge in [-0.15, -0.1) is 0 Å². The number of hydrogen-bond acceptors (Lipinski definition) is 4.